The van der Waals surface area contributed by atoms with Crippen molar-refractivity contribution in [1.29, 1.82) is 5.26 Å². The molecule has 3 rings (SSSR count). The van der Waals surface area contributed by atoms with Gasteiger partial charge in [0, 0.05) is 6.61 Å². The second-order valence-corrected chi connectivity index (χ2v) is 5.04. The van der Waals surface area contributed by atoms with Crippen LogP contribution in [0.3, 0.4) is 0 Å². The maximum Gasteiger partial charge on any atom is 0.232 e. The quantitative estimate of drug-likeness (QED) is 0.842. The van der Waals surface area contributed by atoms with Crippen molar-refractivity contribution in [3.8, 4) is 6.07 Å². The molecular formula is C13H14N4O3. The first-order valence-corrected chi connectivity index (χ1v) is 6.44. The third kappa shape index (κ3) is 2.08. The van der Waals surface area contributed by atoms with Crippen LogP contribution in [0.25, 0.3) is 0 Å². The van der Waals surface area contributed by atoms with Gasteiger partial charge in [-0.15, -0.1) is 0 Å². The Morgan fingerprint density at radius 1 is 1.35 bits per heavy atom. The first-order chi connectivity index (χ1) is 9.62. The molecule has 104 valence electrons. The lowest BCUT2D eigenvalue weighted by Crippen LogP contribution is -2.21. The Morgan fingerprint density at radius 2 is 2.20 bits per heavy atom. The van der Waals surface area contributed by atoms with Crippen LogP contribution in [0.1, 0.15) is 48.5 Å². The van der Waals surface area contributed by atoms with Crippen molar-refractivity contribution in [2.45, 2.75) is 38.7 Å². The van der Waals surface area contributed by atoms with Crippen LogP contribution in [0.5, 0.6) is 0 Å². The summed E-state index contributed by atoms with van der Waals surface area (Å²) >= 11 is 0. The van der Waals surface area contributed by atoms with Gasteiger partial charge in [0.25, 0.3) is 0 Å². The highest BCUT2D eigenvalue weighted by atomic mass is 16.5. The summed E-state index contributed by atoms with van der Waals surface area (Å²) in [5, 5.41) is 16.9. The van der Waals surface area contributed by atoms with E-state index in [2.05, 4.69) is 21.4 Å². The van der Waals surface area contributed by atoms with Crippen molar-refractivity contribution >= 4 is 0 Å². The molecule has 0 radical (unpaired) electrons. The van der Waals surface area contributed by atoms with Gasteiger partial charge in [0.15, 0.2) is 5.76 Å². The van der Waals surface area contributed by atoms with Crippen LogP contribution in [0, 0.1) is 18.3 Å². The van der Waals surface area contributed by atoms with Gasteiger partial charge in [-0.1, -0.05) is 10.3 Å². The van der Waals surface area contributed by atoms with Gasteiger partial charge in [0.05, 0.1) is 6.42 Å². The number of nitriles is 1. The molecule has 0 aromatic carbocycles. The van der Waals surface area contributed by atoms with Crippen LogP contribution in [0.15, 0.2) is 9.05 Å². The molecule has 1 saturated heterocycles. The van der Waals surface area contributed by atoms with Crippen molar-refractivity contribution in [2.24, 2.45) is 0 Å². The molecule has 1 unspecified atom stereocenters. The highest BCUT2D eigenvalue weighted by Crippen LogP contribution is 2.33. The fourth-order valence-electron chi connectivity index (χ4n) is 2.32. The van der Waals surface area contributed by atoms with Crippen LogP contribution in [0.4, 0.5) is 0 Å². The Kier molecular flexibility index (Phi) is 3.03. The molecule has 1 atom stereocenters. The SMILES string of the molecule is Cc1onc(Cc2nc(C3(C)CCCO3)no2)c1C#N. The summed E-state index contributed by atoms with van der Waals surface area (Å²) < 4.78 is 15.9. The molecule has 1 fully saturated rings. The van der Waals surface area contributed by atoms with Crippen LogP contribution < -0.4 is 0 Å². The maximum absolute atomic E-state index is 9.05. The van der Waals surface area contributed by atoms with Crippen molar-refractivity contribution in [1.82, 2.24) is 15.3 Å². The zero-order valence-corrected chi connectivity index (χ0v) is 11.3. The van der Waals surface area contributed by atoms with Crippen LogP contribution in [-0.4, -0.2) is 21.9 Å². The number of aryl methyl sites for hydroxylation is 1. The standard InChI is InChI=1S/C13H14N4O3/c1-8-9(7-14)10(16-19-8)6-11-15-12(17-20-11)13(2)4-3-5-18-13/h3-6H2,1-2H3. The van der Waals surface area contributed by atoms with Crippen molar-refractivity contribution in [3.05, 3.63) is 28.7 Å². The summed E-state index contributed by atoms with van der Waals surface area (Å²) in [7, 11) is 0. The largest absolute Gasteiger partial charge is 0.367 e. The van der Waals surface area contributed by atoms with E-state index in [0.717, 1.165) is 12.8 Å². The van der Waals surface area contributed by atoms with Gasteiger partial charge in [-0.2, -0.15) is 10.2 Å². The Balaban J connectivity index is 1.82. The van der Waals surface area contributed by atoms with Gasteiger partial charge < -0.3 is 13.8 Å². The van der Waals surface area contributed by atoms with E-state index in [1.165, 1.54) is 0 Å². The zero-order chi connectivity index (χ0) is 14.2. The number of ether oxygens (including phenoxy) is 1. The zero-order valence-electron chi connectivity index (χ0n) is 11.3. The maximum atomic E-state index is 9.05. The first-order valence-electron chi connectivity index (χ1n) is 6.44. The highest BCUT2D eigenvalue weighted by molar-refractivity contribution is 5.36. The monoisotopic (exact) mass is 274 g/mol. The Labute approximate surface area is 115 Å². The Bertz CT molecular complexity index is 661. The van der Waals surface area contributed by atoms with Gasteiger partial charge in [-0.3, -0.25) is 0 Å². The normalized spacial score (nSPS) is 22.1. The van der Waals surface area contributed by atoms with Crippen molar-refractivity contribution in [3.63, 3.8) is 0 Å². The smallest absolute Gasteiger partial charge is 0.232 e. The molecule has 0 spiro atoms. The average molecular weight is 274 g/mol. The minimum atomic E-state index is -0.473. The first kappa shape index (κ1) is 12.8. The van der Waals surface area contributed by atoms with E-state index < -0.39 is 5.60 Å². The van der Waals surface area contributed by atoms with E-state index in [1.807, 2.05) is 6.92 Å². The second-order valence-electron chi connectivity index (χ2n) is 5.04. The summed E-state index contributed by atoms with van der Waals surface area (Å²) in [5.74, 6) is 1.44. The number of aromatic nitrogens is 3. The summed E-state index contributed by atoms with van der Waals surface area (Å²) in [5.41, 5.74) is 0.463. The predicted molar refractivity (Wildman–Crippen MR) is 65.6 cm³/mol. The van der Waals surface area contributed by atoms with Crippen LogP contribution in [-0.2, 0) is 16.8 Å². The Hall–Kier alpha value is -2.20. The molecule has 0 bridgehead atoms. The number of hydrogen-bond acceptors (Lipinski definition) is 7. The third-order valence-corrected chi connectivity index (χ3v) is 3.52. The minimum Gasteiger partial charge on any atom is -0.367 e. The molecule has 20 heavy (non-hydrogen) atoms. The van der Waals surface area contributed by atoms with Crippen LogP contribution >= 0.6 is 0 Å². The molecule has 2 aromatic rings. The lowest BCUT2D eigenvalue weighted by molar-refractivity contribution is 0.00768. The molecule has 1 aliphatic heterocycles. The van der Waals surface area contributed by atoms with Crippen molar-refractivity contribution < 1.29 is 13.8 Å². The minimum absolute atomic E-state index is 0.281. The summed E-state index contributed by atoms with van der Waals surface area (Å²) in [6, 6.07) is 2.06. The van der Waals surface area contributed by atoms with Gasteiger partial charge in [0.2, 0.25) is 11.7 Å². The fourth-order valence-corrected chi connectivity index (χ4v) is 2.32. The predicted octanol–water partition coefficient (Wildman–Crippen LogP) is 1.85. The van der Waals surface area contributed by atoms with E-state index in [4.69, 9.17) is 19.0 Å². The van der Waals surface area contributed by atoms with E-state index in [1.54, 1.807) is 6.92 Å². The molecule has 0 N–H and O–H groups in total. The summed E-state index contributed by atoms with van der Waals surface area (Å²) in [6.07, 6.45) is 2.14. The molecule has 0 saturated carbocycles. The molecular weight excluding hydrogens is 260 g/mol. The van der Waals surface area contributed by atoms with Gasteiger partial charge in [-0.25, -0.2) is 0 Å². The number of hydrogen-bond donors (Lipinski definition) is 0. The Morgan fingerprint density at radius 3 is 2.90 bits per heavy atom. The van der Waals surface area contributed by atoms with Gasteiger partial charge in [-0.05, 0) is 26.7 Å². The molecule has 1 aliphatic rings. The third-order valence-electron chi connectivity index (χ3n) is 3.52. The highest BCUT2D eigenvalue weighted by Gasteiger charge is 2.36. The molecule has 0 aliphatic carbocycles. The lowest BCUT2D eigenvalue weighted by atomic mass is 10.0. The number of rotatable bonds is 3. The molecule has 2 aromatic heterocycles. The van der Waals surface area contributed by atoms with Crippen molar-refractivity contribution in [2.75, 3.05) is 6.61 Å². The molecule has 0 amide bonds. The topological polar surface area (TPSA) is 98.0 Å². The average Bonchev–Trinajstić information content (AvgIpc) is 3.12. The lowest BCUT2D eigenvalue weighted by Gasteiger charge is -2.17. The van der Waals surface area contributed by atoms with E-state index in [9.17, 15) is 0 Å². The van der Waals surface area contributed by atoms with Crippen LogP contribution in [0.2, 0.25) is 0 Å². The molecule has 3 heterocycles. The second kappa shape index (κ2) is 4.72. The summed E-state index contributed by atoms with van der Waals surface area (Å²) in [4.78, 5) is 4.35. The van der Waals surface area contributed by atoms with Gasteiger partial charge >= 0.3 is 0 Å². The van der Waals surface area contributed by atoms with E-state index >= 15 is 0 Å². The van der Waals surface area contributed by atoms with E-state index in [-0.39, 0.29) is 6.42 Å². The molecule has 7 nitrogen and oxygen atoms in total. The fraction of sp³-hybridized carbons (Fsp3) is 0.538. The van der Waals surface area contributed by atoms with Gasteiger partial charge in [0.1, 0.15) is 22.9 Å². The number of nitrogens with zero attached hydrogens (tertiary/aromatic N) is 4. The molecule has 7 heteroatoms. The summed E-state index contributed by atoms with van der Waals surface area (Å²) in [6.45, 7) is 4.36. The van der Waals surface area contributed by atoms with E-state index in [0.29, 0.717) is 35.3 Å².